The minimum Gasteiger partial charge on any atom is -0.378 e. The van der Waals surface area contributed by atoms with E-state index in [0.717, 1.165) is 16.5 Å². The summed E-state index contributed by atoms with van der Waals surface area (Å²) in [6, 6.07) is 5.57. The average molecular weight is 328 g/mol. The number of carbonyl (C=O) groups is 1. The molecule has 4 nitrogen and oxygen atoms in total. The number of nitrogens with one attached hydrogen (secondary N) is 1. The Balaban J connectivity index is 1.99. The Hall–Kier alpha value is -0.910. The van der Waals surface area contributed by atoms with Gasteiger partial charge in [-0.2, -0.15) is 0 Å². The summed E-state index contributed by atoms with van der Waals surface area (Å²) in [5, 5.41) is 2.91. The van der Waals surface area contributed by atoms with E-state index in [2.05, 4.69) is 21.2 Å². The van der Waals surface area contributed by atoms with Crippen molar-refractivity contribution < 1.29 is 14.3 Å². The molecule has 1 heterocycles. The first-order valence-electron chi connectivity index (χ1n) is 6.24. The second kappa shape index (κ2) is 6.03. The molecule has 1 saturated heterocycles. The Kier molecular flexibility index (Phi) is 4.60. The summed E-state index contributed by atoms with van der Waals surface area (Å²) in [7, 11) is 1.66. The number of benzene rings is 1. The molecule has 1 atom stereocenters. The van der Waals surface area contributed by atoms with Crippen LogP contribution < -0.4 is 5.32 Å². The molecular weight excluding hydrogens is 310 g/mol. The molecule has 1 fully saturated rings. The molecule has 104 valence electrons. The lowest BCUT2D eigenvalue weighted by Crippen LogP contribution is -2.45. The normalized spacial score (nSPS) is 22.5. The molecule has 0 radical (unpaired) electrons. The van der Waals surface area contributed by atoms with Crippen molar-refractivity contribution in [1.82, 2.24) is 5.32 Å². The molecule has 0 saturated carbocycles. The Morgan fingerprint density at radius 2 is 2.37 bits per heavy atom. The lowest BCUT2D eigenvalue weighted by Gasteiger charge is -2.25. The maximum Gasteiger partial charge on any atom is 0.251 e. The zero-order valence-corrected chi connectivity index (χ0v) is 12.7. The standard InChI is InChI=1S/C14H18BrNO3/c1-10-3-4-11(7-12(10)15)13(17)16-8-14(18-2)5-6-19-9-14/h3-4,7H,5-6,8-9H2,1-2H3,(H,16,17). The summed E-state index contributed by atoms with van der Waals surface area (Å²) in [6.45, 7) is 3.66. The number of methoxy groups -OCH3 is 1. The van der Waals surface area contributed by atoms with Crippen LogP contribution in [0.2, 0.25) is 0 Å². The third kappa shape index (κ3) is 3.35. The van der Waals surface area contributed by atoms with Gasteiger partial charge in [0, 0.05) is 36.7 Å². The highest BCUT2D eigenvalue weighted by Gasteiger charge is 2.35. The second-order valence-corrected chi connectivity index (χ2v) is 5.69. The molecule has 1 aliphatic rings. The zero-order valence-electron chi connectivity index (χ0n) is 11.2. The first-order valence-corrected chi connectivity index (χ1v) is 7.03. The fourth-order valence-corrected chi connectivity index (χ4v) is 2.42. The van der Waals surface area contributed by atoms with Crippen LogP contribution in [-0.2, 0) is 9.47 Å². The highest BCUT2D eigenvalue weighted by Crippen LogP contribution is 2.22. The largest absolute Gasteiger partial charge is 0.378 e. The third-order valence-corrected chi connectivity index (χ3v) is 4.36. The SMILES string of the molecule is COC1(CNC(=O)c2ccc(C)c(Br)c2)CCOC1. The number of ether oxygens (including phenoxy) is 2. The molecule has 1 amide bonds. The summed E-state index contributed by atoms with van der Waals surface area (Å²) in [5.74, 6) is -0.0935. The Labute approximate surface area is 121 Å². The molecule has 0 spiro atoms. The summed E-state index contributed by atoms with van der Waals surface area (Å²) in [5.41, 5.74) is 1.37. The summed E-state index contributed by atoms with van der Waals surface area (Å²) in [6.07, 6.45) is 0.807. The number of aryl methyl sites for hydroxylation is 1. The monoisotopic (exact) mass is 327 g/mol. The van der Waals surface area contributed by atoms with Crippen LogP contribution in [0.25, 0.3) is 0 Å². The first-order chi connectivity index (χ1) is 9.06. The lowest BCUT2D eigenvalue weighted by molar-refractivity contribution is -0.0148. The van der Waals surface area contributed by atoms with Crippen LogP contribution >= 0.6 is 15.9 Å². The number of carbonyl (C=O) groups excluding carboxylic acids is 1. The number of halogens is 1. The smallest absolute Gasteiger partial charge is 0.251 e. The fraction of sp³-hybridized carbons (Fsp3) is 0.500. The van der Waals surface area contributed by atoms with Crippen molar-refractivity contribution in [3.05, 3.63) is 33.8 Å². The van der Waals surface area contributed by atoms with Crippen LogP contribution in [0, 0.1) is 6.92 Å². The predicted molar refractivity (Wildman–Crippen MR) is 76.4 cm³/mol. The fourth-order valence-electron chi connectivity index (χ4n) is 2.04. The number of hydrogen-bond donors (Lipinski definition) is 1. The van der Waals surface area contributed by atoms with Gasteiger partial charge in [0.2, 0.25) is 0 Å². The maximum absolute atomic E-state index is 12.1. The molecule has 1 aromatic rings. The Morgan fingerprint density at radius 3 is 2.95 bits per heavy atom. The van der Waals surface area contributed by atoms with Crippen LogP contribution in [0.3, 0.4) is 0 Å². The summed E-state index contributed by atoms with van der Waals surface area (Å²) < 4.78 is 11.8. The molecule has 1 aromatic carbocycles. The molecule has 0 aromatic heterocycles. The number of rotatable bonds is 4. The van der Waals surface area contributed by atoms with Crippen LogP contribution in [-0.4, -0.2) is 38.4 Å². The zero-order chi connectivity index (χ0) is 13.9. The molecule has 0 bridgehead atoms. The van der Waals surface area contributed by atoms with Crippen LogP contribution in [0.5, 0.6) is 0 Å². The van der Waals surface area contributed by atoms with Crippen LogP contribution in [0.4, 0.5) is 0 Å². The van der Waals surface area contributed by atoms with E-state index in [4.69, 9.17) is 9.47 Å². The van der Waals surface area contributed by atoms with Gasteiger partial charge in [-0.05, 0) is 24.6 Å². The van der Waals surface area contributed by atoms with Crippen molar-refractivity contribution in [3.8, 4) is 0 Å². The van der Waals surface area contributed by atoms with E-state index in [-0.39, 0.29) is 11.5 Å². The minimum absolute atomic E-state index is 0.0935. The molecule has 5 heteroatoms. The topological polar surface area (TPSA) is 47.6 Å². The second-order valence-electron chi connectivity index (χ2n) is 4.84. The molecule has 19 heavy (non-hydrogen) atoms. The summed E-state index contributed by atoms with van der Waals surface area (Å²) in [4.78, 5) is 12.1. The third-order valence-electron chi connectivity index (χ3n) is 3.51. The minimum atomic E-state index is -0.377. The van der Waals surface area contributed by atoms with Gasteiger partial charge in [0.25, 0.3) is 5.91 Å². The van der Waals surface area contributed by atoms with Crippen molar-refractivity contribution in [2.75, 3.05) is 26.9 Å². The Bertz CT molecular complexity index is 470. The van der Waals surface area contributed by atoms with Crippen molar-refractivity contribution in [3.63, 3.8) is 0 Å². The van der Waals surface area contributed by atoms with Gasteiger partial charge < -0.3 is 14.8 Å². The molecular formula is C14H18BrNO3. The van der Waals surface area contributed by atoms with Gasteiger partial charge in [-0.1, -0.05) is 22.0 Å². The van der Waals surface area contributed by atoms with Crippen LogP contribution in [0.15, 0.2) is 22.7 Å². The highest BCUT2D eigenvalue weighted by atomic mass is 79.9. The molecule has 0 aliphatic carbocycles. The molecule has 2 rings (SSSR count). The van der Waals surface area contributed by atoms with Gasteiger partial charge in [0.05, 0.1) is 6.61 Å². The average Bonchev–Trinajstić information content (AvgIpc) is 2.89. The summed E-state index contributed by atoms with van der Waals surface area (Å²) >= 11 is 3.43. The van der Waals surface area contributed by atoms with Gasteiger partial charge in [-0.3, -0.25) is 4.79 Å². The van der Waals surface area contributed by atoms with Crippen molar-refractivity contribution in [1.29, 1.82) is 0 Å². The van der Waals surface area contributed by atoms with Gasteiger partial charge in [-0.15, -0.1) is 0 Å². The first kappa shape index (κ1) is 14.5. The number of hydrogen-bond acceptors (Lipinski definition) is 3. The highest BCUT2D eigenvalue weighted by molar-refractivity contribution is 9.10. The number of amides is 1. The lowest BCUT2D eigenvalue weighted by atomic mass is 10.0. The molecule has 1 aliphatic heterocycles. The van der Waals surface area contributed by atoms with E-state index in [0.29, 0.717) is 25.3 Å². The van der Waals surface area contributed by atoms with Crippen molar-refractivity contribution in [2.24, 2.45) is 0 Å². The maximum atomic E-state index is 12.1. The van der Waals surface area contributed by atoms with E-state index in [1.54, 1.807) is 7.11 Å². The van der Waals surface area contributed by atoms with E-state index < -0.39 is 0 Å². The van der Waals surface area contributed by atoms with Crippen LogP contribution in [0.1, 0.15) is 22.3 Å². The molecule has 1 N–H and O–H groups in total. The Morgan fingerprint density at radius 1 is 1.58 bits per heavy atom. The van der Waals surface area contributed by atoms with Gasteiger partial charge in [0.15, 0.2) is 0 Å². The van der Waals surface area contributed by atoms with E-state index in [1.807, 2.05) is 25.1 Å². The van der Waals surface area contributed by atoms with E-state index in [9.17, 15) is 4.79 Å². The van der Waals surface area contributed by atoms with Gasteiger partial charge >= 0.3 is 0 Å². The van der Waals surface area contributed by atoms with E-state index in [1.165, 1.54) is 0 Å². The van der Waals surface area contributed by atoms with Gasteiger partial charge in [-0.25, -0.2) is 0 Å². The van der Waals surface area contributed by atoms with Crippen molar-refractivity contribution >= 4 is 21.8 Å². The quantitative estimate of drug-likeness (QED) is 0.923. The predicted octanol–water partition coefficient (Wildman–Crippen LogP) is 2.29. The van der Waals surface area contributed by atoms with Crippen molar-refractivity contribution in [2.45, 2.75) is 18.9 Å². The van der Waals surface area contributed by atoms with Gasteiger partial charge in [0.1, 0.15) is 5.60 Å². The van der Waals surface area contributed by atoms with E-state index >= 15 is 0 Å². The molecule has 1 unspecified atom stereocenters.